The first-order valence-electron chi connectivity index (χ1n) is 5.29. The number of hydrogen-bond donors (Lipinski definition) is 1. The van der Waals surface area contributed by atoms with Crippen LogP contribution in [0, 0.1) is 11.6 Å². The van der Waals surface area contributed by atoms with Crippen LogP contribution < -0.4 is 5.32 Å². The Labute approximate surface area is 135 Å². The molecule has 0 atom stereocenters. The first-order valence-corrected chi connectivity index (χ1v) is 6.88. The van der Waals surface area contributed by atoms with E-state index in [1.165, 1.54) is 0 Å². The van der Waals surface area contributed by atoms with Crippen molar-refractivity contribution >= 4 is 49.5 Å². The Kier molecular flexibility index (Phi) is 6.28. The minimum absolute atomic E-state index is 0.00875. The van der Waals surface area contributed by atoms with Gasteiger partial charge >= 0.3 is 11.9 Å². The fourth-order valence-electron chi connectivity index (χ4n) is 1.25. The number of anilines is 1. The van der Waals surface area contributed by atoms with E-state index in [1.54, 1.807) is 0 Å². The molecule has 5 nitrogen and oxygen atoms in total. The number of nitrogens with one attached hydrogen (secondary N) is 1. The Morgan fingerprint density at radius 1 is 1.24 bits per heavy atom. The Hall–Kier alpha value is -1.48. The number of hydrogen-bond acceptors (Lipinski definition) is 5. The third-order valence-electron chi connectivity index (χ3n) is 2.24. The summed E-state index contributed by atoms with van der Waals surface area (Å²) >= 11 is 5.88. The van der Waals surface area contributed by atoms with Crippen LogP contribution in [-0.2, 0) is 19.1 Å². The second-order valence-corrected chi connectivity index (χ2v) is 5.19. The number of carbonyl (C=O) groups is 2. The third-order valence-corrected chi connectivity index (χ3v) is 3.61. The monoisotopic (exact) mass is 427 g/mol. The zero-order valence-electron chi connectivity index (χ0n) is 10.8. The largest absolute Gasteiger partial charge is 0.466 e. The van der Waals surface area contributed by atoms with E-state index in [-0.39, 0.29) is 20.3 Å². The van der Waals surface area contributed by atoms with E-state index in [4.69, 9.17) is 0 Å². The molecule has 0 unspecified atom stereocenters. The van der Waals surface area contributed by atoms with Crippen LogP contribution in [0.25, 0.3) is 0 Å². The maximum atomic E-state index is 13.5. The molecule has 0 fully saturated rings. The summed E-state index contributed by atoms with van der Waals surface area (Å²) < 4.78 is 35.5. The second kappa shape index (κ2) is 7.51. The molecule has 0 aliphatic heterocycles. The predicted molar refractivity (Wildman–Crippen MR) is 77.5 cm³/mol. The van der Waals surface area contributed by atoms with Gasteiger partial charge in [-0.3, -0.25) is 0 Å². The molecule has 0 radical (unpaired) electrons. The maximum absolute atomic E-state index is 13.5. The first-order chi connectivity index (χ1) is 9.81. The van der Waals surface area contributed by atoms with Gasteiger partial charge in [0, 0.05) is 4.47 Å². The number of carbonyl (C=O) groups excluding carboxylic acids is 2. The number of methoxy groups -OCH3 is 2. The molecule has 0 bridgehead atoms. The Morgan fingerprint density at radius 2 is 1.86 bits per heavy atom. The van der Waals surface area contributed by atoms with Gasteiger partial charge in [-0.05, 0) is 37.9 Å². The zero-order chi connectivity index (χ0) is 16.2. The van der Waals surface area contributed by atoms with Crippen molar-refractivity contribution in [2.24, 2.45) is 0 Å². The molecule has 0 aliphatic carbocycles. The fourth-order valence-corrected chi connectivity index (χ4v) is 2.51. The van der Waals surface area contributed by atoms with E-state index < -0.39 is 23.6 Å². The summed E-state index contributed by atoms with van der Waals surface area (Å²) in [5, 5.41) is 2.48. The van der Waals surface area contributed by atoms with Gasteiger partial charge in [0.2, 0.25) is 0 Å². The van der Waals surface area contributed by atoms with Crippen molar-refractivity contribution in [3.05, 3.63) is 38.4 Å². The summed E-state index contributed by atoms with van der Waals surface area (Å²) in [6.45, 7) is 0. The van der Waals surface area contributed by atoms with Crippen LogP contribution in [0.2, 0.25) is 0 Å². The summed E-state index contributed by atoms with van der Waals surface area (Å²) in [6, 6.07) is 0.871. The lowest BCUT2D eigenvalue weighted by Gasteiger charge is -2.13. The molecule has 0 aromatic heterocycles. The summed E-state index contributed by atoms with van der Waals surface area (Å²) in [5.41, 5.74) is -0.300. The van der Waals surface area contributed by atoms with Crippen LogP contribution in [0.4, 0.5) is 14.5 Å². The zero-order valence-corrected chi connectivity index (χ0v) is 14.0. The normalized spacial score (nSPS) is 11.0. The Morgan fingerprint density at radius 3 is 2.38 bits per heavy atom. The third kappa shape index (κ3) is 4.24. The van der Waals surface area contributed by atoms with Crippen LogP contribution in [0.1, 0.15) is 0 Å². The molecular weight excluding hydrogens is 420 g/mol. The Balaban J connectivity index is 3.28. The van der Waals surface area contributed by atoms with Gasteiger partial charge in [-0.15, -0.1) is 0 Å². The molecule has 9 heteroatoms. The van der Waals surface area contributed by atoms with Crippen molar-refractivity contribution in [2.75, 3.05) is 19.5 Å². The SMILES string of the molecule is COC(=O)/C=C(/Nc1c(Br)cc(F)c(F)c1Br)C(=O)OC. The molecule has 0 heterocycles. The van der Waals surface area contributed by atoms with Crippen molar-refractivity contribution in [1.82, 2.24) is 0 Å². The minimum Gasteiger partial charge on any atom is -0.466 e. The Bertz CT molecular complexity index is 620. The van der Waals surface area contributed by atoms with Gasteiger partial charge in [0.15, 0.2) is 11.6 Å². The molecule has 0 saturated carbocycles. The van der Waals surface area contributed by atoms with Gasteiger partial charge in [0.05, 0.1) is 30.5 Å². The molecule has 114 valence electrons. The lowest BCUT2D eigenvalue weighted by atomic mass is 10.2. The molecule has 0 saturated heterocycles. The number of ether oxygens (including phenoxy) is 2. The van der Waals surface area contributed by atoms with Crippen LogP contribution in [0.3, 0.4) is 0 Å². The van der Waals surface area contributed by atoms with Gasteiger partial charge in [-0.2, -0.15) is 0 Å². The first kappa shape index (κ1) is 17.6. The molecule has 21 heavy (non-hydrogen) atoms. The van der Waals surface area contributed by atoms with Crippen LogP contribution >= 0.6 is 31.9 Å². The van der Waals surface area contributed by atoms with E-state index in [2.05, 4.69) is 46.7 Å². The maximum Gasteiger partial charge on any atom is 0.354 e. The highest BCUT2D eigenvalue weighted by Gasteiger charge is 2.20. The average molecular weight is 429 g/mol. The number of rotatable bonds is 4. The van der Waals surface area contributed by atoms with Gasteiger partial charge in [0.1, 0.15) is 5.70 Å². The van der Waals surface area contributed by atoms with E-state index in [9.17, 15) is 18.4 Å². The summed E-state index contributed by atoms with van der Waals surface area (Å²) in [6.07, 6.45) is 0.825. The van der Waals surface area contributed by atoms with Crippen LogP contribution in [-0.4, -0.2) is 26.2 Å². The summed E-state index contributed by atoms with van der Waals surface area (Å²) in [4.78, 5) is 22.8. The molecule has 0 spiro atoms. The highest BCUT2D eigenvalue weighted by Crippen LogP contribution is 2.35. The number of benzene rings is 1. The van der Waals surface area contributed by atoms with Crippen LogP contribution in [0.5, 0.6) is 0 Å². The van der Waals surface area contributed by atoms with Crippen LogP contribution in [0.15, 0.2) is 26.8 Å². The smallest absolute Gasteiger partial charge is 0.354 e. The summed E-state index contributed by atoms with van der Waals surface area (Å²) in [7, 11) is 2.22. The second-order valence-electron chi connectivity index (χ2n) is 3.54. The van der Waals surface area contributed by atoms with Crippen molar-refractivity contribution in [3.63, 3.8) is 0 Å². The van der Waals surface area contributed by atoms with Crippen molar-refractivity contribution in [1.29, 1.82) is 0 Å². The molecule has 1 aromatic rings. The molecule has 1 N–H and O–H groups in total. The number of halogens is 4. The van der Waals surface area contributed by atoms with Gasteiger partial charge in [-0.25, -0.2) is 18.4 Å². The van der Waals surface area contributed by atoms with Crippen molar-refractivity contribution in [3.8, 4) is 0 Å². The topological polar surface area (TPSA) is 64.6 Å². The van der Waals surface area contributed by atoms with Crippen molar-refractivity contribution < 1.29 is 27.8 Å². The minimum atomic E-state index is -1.15. The van der Waals surface area contributed by atoms with E-state index in [1.807, 2.05) is 0 Å². The summed E-state index contributed by atoms with van der Waals surface area (Å²) in [5.74, 6) is -3.94. The van der Waals surface area contributed by atoms with E-state index in [0.717, 1.165) is 26.4 Å². The quantitative estimate of drug-likeness (QED) is 0.345. The van der Waals surface area contributed by atoms with Gasteiger partial charge < -0.3 is 14.8 Å². The lowest BCUT2D eigenvalue weighted by molar-refractivity contribution is -0.138. The van der Waals surface area contributed by atoms with E-state index in [0.29, 0.717) is 0 Å². The molecule has 1 rings (SSSR count). The predicted octanol–water partition coefficient (Wildman–Crippen LogP) is 3.13. The molecule has 1 aromatic carbocycles. The standard InChI is InChI=1S/C12H9Br2F2NO4/c1-20-8(18)4-7(12(19)21-2)17-11-5(13)3-6(15)10(16)9(11)14/h3-4,17H,1-2H3/b7-4+. The lowest BCUT2D eigenvalue weighted by Crippen LogP contribution is -2.16. The average Bonchev–Trinajstić information content (AvgIpc) is 2.46. The molecule has 0 amide bonds. The highest BCUT2D eigenvalue weighted by atomic mass is 79.9. The fraction of sp³-hybridized carbons (Fsp3) is 0.167. The number of esters is 2. The van der Waals surface area contributed by atoms with E-state index >= 15 is 0 Å². The van der Waals surface area contributed by atoms with Gasteiger partial charge in [-0.1, -0.05) is 0 Å². The van der Waals surface area contributed by atoms with Crippen molar-refractivity contribution in [2.45, 2.75) is 0 Å². The van der Waals surface area contributed by atoms with Gasteiger partial charge in [0.25, 0.3) is 0 Å². The molecule has 0 aliphatic rings. The highest BCUT2D eigenvalue weighted by molar-refractivity contribution is 9.11. The molecular formula is C12H9Br2F2NO4.